The van der Waals surface area contributed by atoms with Gasteiger partial charge in [0.1, 0.15) is 10.8 Å². The van der Waals surface area contributed by atoms with E-state index in [1.807, 2.05) is 22.6 Å². The van der Waals surface area contributed by atoms with Crippen molar-refractivity contribution in [3.05, 3.63) is 38.2 Å². The van der Waals surface area contributed by atoms with E-state index >= 15 is 0 Å². The van der Waals surface area contributed by atoms with E-state index in [4.69, 9.17) is 0 Å². The van der Waals surface area contributed by atoms with Crippen molar-refractivity contribution in [3.63, 3.8) is 0 Å². The van der Waals surface area contributed by atoms with Crippen LogP contribution in [-0.4, -0.2) is 16.1 Å². The summed E-state index contributed by atoms with van der Waals surface area (Å²) in [7, 11) is 0. The summed E-state index contributed by atoms with van der Waals surface area (Å²) in [5.41, 5.74) is 0.651. The van der Waals surface area contributed by atoms with Crippen LogP contribution in [0.1, 0.15) is 53.9 Å². The Hall–Kier alpha value is -1.09. The van der Waals surface area contributed by atoms with Crippen molar-refractivity contribution in [2.24, 2.45) is 17.8 Å². The van der Waals surface area contributed by atoms with Crippen LogP contribution < -0.4 is 5.32 Å². The smallest absolute Gasteiger partial charge is 0.258 e. The maximum Gasteiger partial charge on any atom is 0.258 e. The zero-order chi connectivity index (χ0) is 17.9. The third-order valence-corrected chi connectivity index (χ3v) is 8.29. The molecule has 4 aliphatic rings. The van der Waals surface area contributed by atoms with Crippen LogP contribution in [0, 0.1) is 27.1 Å². The molecule has 0 saturated heterocycles. The molecule has 1 aromatic carbocycles. The summed E-state index contributed by atoms with van der Waals surface area (Å²) in [5.74, 6) is 1.95. The summed E-state index contributed by atoms with van der Waals surface area (Å²) in [6.45, 7) is 0. The van der Waals surface area contributed by atoms with Gasteiger partial charge in [0.2, 0.25) is 5.13 Å². The normalized spacial score (nSPS) is 32.0. The van der Waals surface area contributed by atoms with Crippen molar-refractivity contribution in [2.45, 2.75) is 43.9 Å². The van der Waals surface area contributed by atoms with Crippen LogP contribution in [-0.2, 0) is 5.41 Å². The van der Waals surface area contributed by atoms with Crippen LogP contribution in [0.25, 0.3) is 0 Å². The standard InChI is InChI=1S/C19H19FIN3OS/c20-13-1-2-14(15(21)6-13)16(25)22-18-24-23-17(26-18)19-7-10-3-11(8-19)5-12(4-10)9-19/h1-2,6,10-12H,3-5,7-9H2,(H,22,24,25). The third kappa shape index (κ3) is 2.87. The van der Waals surface area contributed by atoms with Gasteiger partial charge in [-0.05, 0) is 97.1 Å². The van der Waals surface area contributed by atoms with Crippen LogP contribution >= 0.6 is 33.9 Å². The molecule has 26 heavy (non-hydrogen) atoms. The number of hydrogen-bond donors (Lipinski definition) is 1. The molecule has 1 amide bonds. The molecule has 7 heteroatoms. The van der Waals surface area contributed by atoms with Crippen LogP contribution in [0.5, 0.6) is 0 Å². The molecule has 1 aromatic heterocycles. The van der Waals surface area contributed by atoms with Gasteiger partial charge in [-0.15, -0.1) is 10.2 Å². The van der Waals surface area contributed by atoms with Gasteiger partial charge in [0.25, 0.3) is 5.91 Å². The summed E-state index contributed by atoms with van der Waals surface area (Å²) in [6.07, 6.45) is 7.88. The minimum absolute atomic E-state index is 0.194. The Kier molecular flexibility index (Phi) is 4.08. The lowest BCUT2D eigenvalue weighted by Gasteiger charge is -2.55. The first-order valence-corrected chi connectivity index (χ1v) is 11.0. The van der Waals surface area contributed by atoms with E-state index in [2.05, 4.69) is 15.5 Å². The zero-order valence-electron chi connectivity index (χ0n) is 14.2. The Morgan fingerprint density at radius 2 is 1.81 bits per heavy atom. The lowest BCUT2D eigenvalue weighted by Crippen LogP contribution is -2.48. The lowest BCUT2D eigenvalue weighted by molar-refractivity contribution is -0.00555. The molecule has 136 valence electrons. The van der Waals surface area contributed by atoms with Crippen molar-refractivity contribution in [2.75, 3.05) is 5.32 Å². The number of amides is 1. The van der Waals surface area contributed by atoms with Gasteiger partial charge in [-0.3, -0.25) is 10.1 Å². The summed E-state index contributed by atoms with van der Waals surface area (Å²) < 4.78 is 13.8. The van der Waals surface area contributed by atoms with Gasteiger partial charge in [0, 0.05) is 8.99 Å². The molecule has 4 fully saturated rings. The highest BCUT2D eigenvalue weighted by molar-refractivity contribution is 14.1. The highest BCUT2D eigenvalue weighted by Gasteiger charge is 2.53. The number of carbonyl (C=O) groups excluding carboxylic acids is 1. The predicted octanol–water partition coefficient (Wildman–Crippen LogP) is 5.00. The minimum atomic E-state index is -0.342. The van der Waals surface area contributed by atoms with E-state index in [1.54, 1.807) is 0 Å². The molecule has 4 aliphatic carbocycles. The molecule has 0 unspecified atom stereocenters. The van der Waals surface area contributed by atoms with Crippen LogP contribution in [0.2, 0.25) is 0 Å². The number of nitrogens with one attached hydrogen (secondary N) is 1. The van der Waals surface area contributed by atoms with Crippen molar-refractivity contribution in [3.8, 4) is 0 Å². The molecule has 6 rings (SSSR count). The molecular weight excluding hydrogens is 464 g/mol. The highest BCUT2D eigenvalue weighted by atomic mass is 127. The molecule has 0 spiro atoms. The first-order valence-electron chi connectivity index (χ1n) is 9.11. The number of rotatable bonds is 3. The number of anilines is 1. The second-order valence-corrected chi connectivity index (χ2v) is 10.3. The van der Waals surface area contributed by atoms with Gasteiger partial charge < -0.3 is 0 Å². The zero-order valence-corrected chi connectivity index (χ0v) is 17.1. The summed E-state index contributed by atoms with van der Waals surface area (Å²) >= 11 is 3.50. The van der Waals surface area contributed by atoms with Gasteiger partial charge in [-0.2, -0.15) is 0 Å². The van der Waals surface area contributed by atoms with Gasteiger partial charge in [-0.25, -0.2) is 4.39 Å². The van der Waals surface area contributed by atoms with Crippen LogP contribution in [0.15, 0.2) is 18.2 Å². The van der Waals surface area contributed by atoms with E-state index in [9.17, 15) is 9.18 Å². The SMILES string of the molecule is O=C(Nc1nnc(C23CC4CC(CC(C4)C2)C3)s1)c1ccc(F)cc1I. The van der Waals surface area contributed by atoms with E-state index < -0.39 is 0 Å². The summed E-state index contributed by atoms with van der Waals surface area (Å²) in [6, 6.07) is 4.17. The molecular formula is C19H19FIN3OS. The Balaban J connectivity index is 1.37. The van der Waals surface area contributed by atoms with Gasteiger partial charge in [-0.1, -0.05) is 11.3 Å². The van der Waals surface area contributed by atoms with Crippen LogP contribution in [0.4, 0.5) is 9.52 Å². The fourth-order valence-corrected chi connectivity index (χ4v) is 7.38. The first-order chi connectivity index (χ1) is 12.5. The fraction of sp³-hybridized carbons (Fsp3) is 0.526. The molecule has 0 atom stereocenters. The van der Waals surface area contributed by atoms with E-state index in [0.717, 1.165) is 22.8 Å². The Morgan fingerprint density at radius 3 is 2.42 bits per heavy atom. The molecule has 4 saturated carbocycles. The Labute approximate surface area is 169 Å². The molecule has 0 aliphatic heterocycles. The number of nitrogens with zero attached hydrogens (tertiary/aromatic N) is 2. The number of hydrogen-bond acceptors (Lipinski definition) is 4. The monoisotopic (exact) mass is 483 g/mol. The van der Waals surface area contributed by atoms with E-state index in [1.165, 1.54) is 68.1 Å². The largest absolute Gasteiger partial charge is 0.296 e. The quantitative estimate of drug-likeness (QED) is 0.626. The molecule has 1 N–H and O–H groups in total. The predicted molar refractivity (Wildman–Crippen MR) is 107 cm³/mol. The maximum atomic E-state index is 13.2. The van der Waals surface area contributed by atoms with Gasteiger partial charge in [0.15, 0.2) is 0 Å². The number of benzene rings is 1. The minimum Gasteiger partial charge on any atom is -0.296 e. The third-order valence-electron chi connectivity index (χ3n) is 6.31. The molecule has 2 aromatic rings. The van der Waals surface area contributed by atoms with Crippen molar-refractivity contribution in [1.29, 1.82) is 0 Å². The van der Waals surface area contributed by atoms with E-state index in [0.29, 0.717) is 14.3 Å². The number of carbonyl (C=O) groups is 1. The molecule has 4 bridgehead atoms. The molecule has 4 nitrogen and oxygen atoms in total. The number of aromatic nitrogens is 2. The fourth-order valence-electron chi connectivity index (χ4n) is 5.70. The highest BCUT2D eigenvalue weighted by Crippen LogP contribution is 2.61. The second kappa shape index (κ2) is 6.22. The summed E-state index contributed by atoms with van der Waals surface area (Å²) in [5, 5.41) is 13.2. The topological polar surface area (TPSA) is 54.9 Å². The average molecular weight is 483 g/mol. The Bertz CT molecular complexity index is 848. The maximum absolute atomic E-state index is 13.2. The average Bonchev–Trinajstić information content (AvgIpc) is 3.02. The van der Waals surface area contributed by atoms with E-state index in [-0.39, 0.29) is 17.1 Å². The molecule has 0 radical (unpaired) electrons. The summed E-state index contributed by atoms with van der Waals surface area (Å²) in [4.78, 5) is 12.5. The van der Waals surface area contributed by atoms with Crippen molar-refractivity contribution in [1.82, 2.24) is 10.2 Å². The van der Waals surface area contributed by atoms with Gasteiger partial charge >= 0.3 is 0 Å². The number of halogens is 2. The second-order valence-electron chi connectivity index (χ2n) is 8.19. The van der Waals surface area contributed by atoms with Gasteiger partial charge in [0.05, 0.1) is 5.56 Å². The lowest BCUT2D eigenvalue weighted by atomic mass is 9.50. The van der Waals surface area contributed by atoms with Crippen LogP contribution in [0.3, 0.4) is 0 Å². The Morgan fingerprint density at radius 1 is 1.15 bits per heavy atom. The molecule has 1 heterocycles. The van der Waals surface area contributed by atoms with Crippen molar-refractivity contribution < 1.29 is 9.18 Å². The first kappa shape index (κ1) is 17.0. The van der Waals surface area contributed by atoms with Crippen molar-refractivity contribution >= 4 is 45.0 Å².